The third-order valence-corrected chi connectivity index (χ3v) is 10.5. The summed E-state index contributed by atoms with van der Waals surface area (Å²) < 4.78 is 13.1. The molecule has 2 unspecified atom stereocenters. The first-order valence-electron chi connectivity index (χ1n) is 15.7. The fourth-order valence-corrected chi connectivity index (χ4v) is 8.12. The van der Waals surface area contributed by atoms with Gasteiger partial charge in [0.1, 0.15) is 17.1 Å². The Balaban J connectivity index is 0.00000231. The Kier molecular flexibility index (Phi) is 12.7. The minimum absolute atomic E-state index is 0. The first-order chi connectivity index (χ1) is 18.8. The molecule has 2 saturated heterocycles. The summed E-state index contributed by atoms with van der Waals surface area (Å²) in [5.74, 6) is 5.36. The zero-order valence-corrected chi connectivity index (χ0v) is 28.3. The smallest absolute Gasteiger partial charge is 0.311 e. The Morgan fingerprint density at radius 1 is 1.07 bits per heavy atom. The van der Waals surface area contributed by atoms with Gasteiger partial charge in [0.15, 0.2) is 0 Å². The Morgan fingerprint density at radius 2 is 1.78 bits per heavy atom. The van der Waals surface area contributed by atoms with Crippen LogP contribution in [0.3, 0.4) is 0 Å². The number of carbonyl (C=O) groups excluding carboxylic acids is 1. The van der Waals surface area contributed by atoms with Crippen molar-refractivity contribution in [2.45, 2.75) is 97.5 Å². The maximum atomic E-state index is 13.3. The Morgan fingerprint density at radius 3 is 2.46 bits per heavy atom. The number of halogens is 2. The first kappa shape index (κ1) is 34.4. The zero-order chi connectivity index (χ0) is 27.6. The highest BCUT2D eigenvalue weighted by molar-refractivity contribution is 7.99. The van der Waals surface area contributed by atoms with Crippen molar-refractivity contribution in [2.24, 2.45) is 11.8 Å². The van der Waals surface area contributed by atoms with Crippen molar-refractivity contribution in [3.63, 3.8) is 0 Å². The number of piperidine rings is 1. The molecule has 2 fully saturated rings. The van der Waals surface area contributed by atoms with Crippen LogP contribution in [-0.4, -0.2) is 65.6 Å². The van der Waals surface area contributed by atoms with Gasteiger partial charge in [0.25, 0.3) is 0 Å². The lowest BCUT2D eigenvalue weighted by Crippen LogP contribution is -2.51. The zero-order valence-electron chi connectivity index (χ0n) is 25.8. The number of hydrogen-bond acceptors (Lipinski definition) is 6. The van der Waals surface area contributed by atoms with Crippen LogP contribution in [-0.2, 0) is 4.79 Å². The largest absolute Gasteiger partial charge is 0.481 e. The molecular weight excluding hydrogens is 575 g/mol. The van der Waals surface area contributed by atoms with Gasteiger partial charge in [-0.15, -0.1) is 24.8 Å². The third-order valence-electron chi connectivity index (χ3n) is 9.59. The first-order valence-corrected chi connectivity index (χ1v) is 16.8. The van der Waals surface area contributed by atoms with Crippen LogP contribution < -0.4 is 9.47 Å². The molecule has 5 nitrogen and oxygen atoms in total. The molecule has 1 aromatic carbocycles. The quantitative estimate of drug-likeness (QED) is 0.140. The monoisotopic (exact) mass is 626 g/mol. The van der Waals surface area contributed by atoms with E-state index in [-0.39, 0.29) is 36.4 Å². The lowest BCUT2D eigenvalue weighted by atomic mass is 9.73. The Bertz CT molecular complexity index is 1060. The van der Waals surface area contributed by atoms with E-state index in [9.17, 15) is 4.79 Å². The summed E-state index contributed by atoms with van der Waals surface area (Å²) >= 11 is 2.02. The lowest BCUT2D eigenvalue weighted by Gasteiger charge is -2.51. The number of rotatable bonds is 11. The molecule has 0 aromatic heterocycles. The van der Waals surface area contributed by atoms with E-state index < -0.39 is 0 Å². The second kappa shape index (κ2) is 15.1. The van der Waals surface area contributed by atoms with Crippen LogP contribution in [0.15, 0.2) is 17.8 Å². The van der Waals surface area contributed by atoms with Gasteiger partial charge in [0.05, 0.1) is 11.3 Å². The number of ether oxygens (including phenoxy) is 2. The SMILES string of the molecule is CCCCCC(C)C(C)c1cc(OC(=O)CCCN2CCSCC2)c2c(c1)OC(C)(C)C1=C2C2CCN1CC2.Cl.Cl. The van der Waals surface area contributed by atoms with Crippen molar-refractivity contribution < 1.29 is 14.3 Å². The molecule has 0 amide bonds. The number of benzene rings is 1. The average Bonchev–Trinajstić information content (AvgIpc) is 2.93. The highest BCUT2D eigenvalue weighted by Gasteiger charge is 2.47. The maximum Gasteiger partial charge on any atom is 0.311 e. The second-order valence-corrected chi connectivity index (χ2v) is 14.0. The lowest BCUT2D eigenvalue weighted by molar-refractivity contribution is -0.134. The summed E-state index contributed by atoms with van der Waals surface area (Å²) in [5, 5.41) is 0. The molecule has 6 rings (SSSR count). The van der Waals surface area contributed by atoms with Gasteiger partial charge in [-0.25, -0.2) is 0 Å². The van der Waals surface area contributed by atoms with Gasteiger partial charge in [0.2, 0.25) is 0 Å². The summed E-state index contributed by atoms with van der Waals surface area (Å²) in [6.45, 7) is 16.8. The van der Waals surface area contributed by atoms with Gasteiger partial charge in [-0.05, 0) is 80.7 Å². The Labute approximate surface area is 265 Å². The normalized spacial score (nSPS) is 21.1. The average molecular weight is 628 g/mol. The highest BCUT2D eigenvalue weighted by atomic mass is 35.5. The van der Waals surface area contributed by atoms with Gasteiger partial charge in [-0.1, -0.05) is 46.5 Å². The fraction of sp³-hybridized carbons (Fsp3) is 0.727. The van der Waals surface area contributed by atoms with Crippen LogP contribution >= 0.6 is 36.6 Å². The van der Waals surface area contributed by atoms with Gasteiger partial charge >= 0.3 is 5.97 Å². The van der Waals surface area contributed by atoms with Crippen LogP contribution in [0.25, 0.3) is 5.57 Å². The molecule has 0 spiro atoms. The van der Waals surface area contributed by atoms with Crippen molar-refractivity contribution in [1.82, 2.24) is 9.80 Å². The molecule has 0 radical (unpaired) electrons. The predicted molar refractivity (Wildman–Crippen MR) is 177 cm³/mol. The molecule has 2 bridgehead atoms. The van der Waals surface area contributed by atoms with Crippen molar-refractivity contribution in [2.75, 3.05) is 44.2 Å². The number of esters is 1. The van der Waals surface area contributed by atoms with E-state index in [1.165, 1.54) is 66.9 Å². The molecule has 232 valence electrons. The predicted octanol–water partition coefficient (Wildman–Crippen LogP) is 8.19. The summed E-state index contributed by atoms with van der Waals surface area (Å²) in [7, 11) is 0. The summed E-state index contributed by atoms with van der Waals surface area (Å²) in [5.41, 5.74) is 4.58. The molecule has 5 aliphatic rings. The van der Waals surface area contributed by atoms with Crippen molar-refractivity contribution in [1.29, 1.82) is 0 Å². The summed E-state index contributed by atoms with van der Waals surface area (Å²) in [6, 6.07) is 4.45. The number of carbonyl (C=O) groups is 1. The third kappa shape index (κ3) is 7.72. The second-order valence-electron chi connectivity index (χ2n) is 12.8. The highest BCUT2D eigenvalue weighted by Crippen LogP contribution is 2.55. The molecule has 5 heterocycles. The van der Waals surface area contributed by atoms with E-state index in [1.54, 1.807) is 0 Å². The Hall–Kier alpha value is -1.08. The van der Waals surface area contributed by atoms with Crippen LogP contribution in [0.1, 0.15) is 103 Å². The molecule has 0 N–H and O–H groups in total. The number of thioether (sulfide) groups is 1. The van der Waals surface area contributed by atoms with E-state index in [2.05, 4.69) is 56.6 Å². The standard InChI is InChI=1S/C33H50N2O3S.2ClH/c1-6-7-8-10-23(2)24(3)26-21-27(37-29(36)11-9-14-34-17-19-39-20-18-34)31-28(22-26)38-33(4,5)32-30(31)25-12-15-35(32)16-13-25;;/h21-25H,6-20H2,1-5H3;2*1H. The molecule has 8 heteroatoms. The molecule has 0 aliphatic carbocycles. The number of allylic oxidation sites excluding steroid dienone is 1. The van der Waals surface area contributed by atoms with Crippen LogP contribution in [0.4, 0.5) is 0 Å². The van der Waals surface area contributed by atoms with E-state index in [4.69, 9.17) is 9.47 Å². The van der Waals surface area contributed by atoms with E-state index in [1.807, 2.05) is 11.8 Å². The van der Waals surface area contributed by atoms with E-state index >= 15 is 0 Å². The minimum Gasteiger partial charge on any atom is -0.481 e. The van der Waals surface area contributed by atoms with Gasteiger partial charge < -0.3 is 19.3 Å². The molecular formula is C33H52Cl2N2O3S. The van der Waals surface area contributed by atoms with Crippen molar-refractivity contribution in [3.05, 3.63) is 29.0 Å². The van der Waals surface area contributed by atoms with Crippen LogP contribution in [0.5, 0.6) is 11.5 Å². The number of unbranched alkanes of at least 4 members (excludes halogenated alkanes) is 2. The number of fused-ring (bicyclic) bond motifs is 3. The summed E-state index contributed by atoms with van der Waals surface area (Å²) in [4.78, 5) is 18.3. The minimum atomic E-state index is -0.385. The van der Waals surface area contributed by atoms with Crippen LogP contribution in [0.2, 0.25) is 0 Å². The van der Waals surface area contributed by atoms with Gasteiger partial charge in [-0.2, -0.15) is 11.8 Å². The molecule has 0 saturated carbocycles. The van der Waals surface area contributed by atoms with E-state index in [0.717, 1.165) is 56.2 Å². The van der Waals surface area contributed by atoms with Gasteiger partial charge in [-0.3, -0.25) is 4.79 Å². The molecule has 2 atom stereocenters. The fourth-order valence-electron chi connectivity index (χ4n) is 7.15. The van der Waals surface area contributed by atoms with E-state index in [0.29, 0.717) is 24.2 Å². The van der Waals surface area contributed by atoms with Crippen molar-refractivity contribution >= 4 is 48.1 Å². The topological polar surface area (TPSA) is 42.0 Å². The molecule has 5 aliphatic heterocycles. The molecule has 41 heavy (non-hydrogen) atoms. The number of hydrogen-bond donors (Lipinski definition) is 0. The summed E-state index contributed by atoms with van der Waals surface area (Å²) in [6.07, 6.45) is 8.66. The number of nitrogens with zero attached hydrogens (tertiary/aromatic N) is 2. The van der Waals surface area contributed by atoms with Crippen molar-refractivity contribution in [3.8, 4) is 11.5 Å². The maximum absolute atomic E-state index is 13.3. The van der Waals surface area contributed by atoms with Crippen LogP contribution in [0, 0.1) is 11.8 Å². The molecule has 1 aromatic rings. The van der Waals surface area contributed by atoms with Gasteiger partial charge in [0, 0.05) is 44.1 Å².